The summed E-state index contributed by atoms with van der Waals surface area (Å²) in [6, 6.07) is 3.70. The number of hydrogen-bond donors (Lipinski definition) is 1. The van der Waals surface area contributed by atoms with Crippen molar-refractivity contribution in [3.63, 3.8) is 0 Å². The zero-order valence-corrected chi connectivity index (χ0v) is 9.57. The topological polar surface area (TPSA) is 76.1 Å². The first-order valence-corrected chi connectivity index (χ1v) is 6.78. The van der Waals surface area contributed by atoms with Gasteiger partial charge in [0.2, 0.25) is 15.9 Å². The Morgan fingerprint density at radius 3 is 2.88 bits per heavy atom. The highest BCUT2D eigenvalue weighted by Crippen LogP contribution is 2.47. The standard InChI is InChI=1S/C10H12N2O3S/c1-16(14,15)12-10(13)9-5-8(9)7-3-2-4-11-6-7/h2-4,6,8-9H,5H2,1H3,(H,12,13). The van der Waals surface area contributed by atoms with Crippen LogP contribution in [0.4, 0.5) is 0 Å². The van der Waals surface area contributed by atoms with Crippen molar-refractivity contribution in [1.29, 1.82) is 0 Å². The molecule has 0 spiro atoms. The summed E-state index contributed by atoms with van der Waals surface area (Å²) in [7, 11) is -3.45. The van der Waals surface area contributed by atoms with Gasteiger partial charge in [0.15, 0.2) is 0 Å². The van der Waals surface area contributed by atoms with Gasteiger partial charge in [0.05, 0.1) is 6.26 Å². The number of nitrogens with zero attached hydrogens (tertiary/aromatic N) is 1. The lowest BCUT2D eigenvalue weighted by atomic mass is 10.1. The summed E-state index contributed by atoms with van der Waals surface area (Å²) in [6.45, 7) is 0. The largest absolute Gasteiger partial charge is 0.274 e. The molecule has 1 saturated carbocycles. The van der Waals surface area contributed by atoms with E-state index in [1.807, 2.05) is 10.8 Å². The summed E-state index contributed by atoms with van der Waals surface area (Å²) in [6.07, 6.45) is 5.04. The zero-order valence-electron chi connectivity index (χ0n) is 8.75. The average molecular weight is 240 g/mol. The van der Waals surface area contributed by atoms with E-state index in [0.717, 1.165) is 11.8 Å². The van der Waals surface area contributed by atoms with Crippen molar-refractivity contribution in [2.75, 3.05) is 6.26 Å². The van der Waals surface area contributed by atoms with Gasteiger partial charge in [0.25, 0.3) is 0 Å². The molecule has 0 saturated heterocycles. The van der Waals surface area contributed by atoms with Crippen molar-refractivity contribution in [2.24, 2.45) is 5.92 Å². The van der Waals surface area contributed by atoms with Crippen LogP contribution in [-0.2, 0) is 14.8 Å². The van der Waals surface area contributed by atoms with E-state index in [1.165, 1.54) is 0 Å². The van der Waals surface area contributed by atoms with Crippen LogP contribution in [0, 0.1) is 5.92 Å². The summed E-state index contributed by atoms with van der Waals surface area (Å²) < 4.78 is 23.7. The van der Waals surface area contributed by atoms with Crippen LogP contribution in [0.3, 0.4) is 0 Å². The average Bonchev–Trinajstić information content (AvgIpc) is 2.96. The van der Waals surface area contributed by atoms with Gasteiger partial charge in [-0.15, -0.1) is 0 Å². The summed E-state index contributed by atoms with van der Waals surface area (Å²) in [5.41, 5.74) is 0.983. The SMILES string of the molecule is CS(=O)(=O)NC(=O)C1CC1c1cccnc1. The van der Waals surface area contributed by atoms with E-state index >= 15 is 0 Å². The molecule has 0 aliphatic heterocycles. The van der Waals surface area contributed by atoms with Crippen molar-refractivity contribution >= 4 is 15.9 Å². The number of pyridine rings is 1. The maximum atomic E-state index is 11.5. The molecule has 2 rings (SSSR count). The number of sulfonamides is 1. The smallest absolute Gasteiger partial charge is 0.237 e. The minimum absolute atomic E-state index is 0.107. The maximum absolute atomic E-state index is 11.5. The minimum Gasteiger partial charge on any atom is -0.274 e. The Morgan fingerprint density at radius 1 is 1.56 bits per heavy atom. The molecule has 2 atom stereocenters. The first-order valence-electron chi connectivity index (χ1n) is 4.89. The molecule has 1 aromatic heterocycles. The van der Waals surface area contributed by atoms with Crippen molar-refractivity contribution in [3.8, 4) is 0 Å². The number of amides is 1. The molecule has 2 unspecified atom stereocenters. The predicted octanol–water partition coefficient (Wildman–Crippen LogP) is 0.261. The normalized spacial score (nSPS) is 23.8. The lowest BCUT2D eigenvalue weighted by Crippen LogP contribution is -2.30. The van der Waals surface area contributed by atoms with E-state index in [2.05, 4.69) is 4.98 Å². The van der Waals surface area contributed by atoms with Crippen LogP contribution < -0.4 is 4.72 Å². The highest BCUT2D eigenvalue weighted by Gasteiger charge is 2.44. The van der Waals surface area contributed by atoms with Gasteiger partial charge in [0.1, 0.15) is 0 Å². The third-order valence-electron chi connectivity index (χ3n) is 2.53. The number of carbonyl (C=O) groups excluding carboxylic acids is 1. The van der Waals surface area contributed by atoms with Gasteiger partial charge in [-0.25, -0.2) is 8.42 Å². The Labute approximate surface area is 93.9 Å². The number of aromatic nitrogens is 1. The maximum Gasteiger partial charge on any atom is 0.237 e. The molecule has 1 amide bonds. The van der Waals surface area contributed by atoms with Crippen LogP contribution in [0.2, 0.25) is 0 Å². The third kappa shape index (κ3) is 2.57. The summed E-state index contributed by atoms with van der Waals surface area (Å²) in [5, 5.41) is 0. The van der Waals surface area contributed by atoms with Crippen LogP contribution in [0.15, 0.2) is 24.5 Å². The molecule has 0 aromatic carbocycles. The van der Waals surface area contributed by atoms with Crippen LogP contribution in [0.1, 0.15) is 17.9 Å². The fourth-order valence-electron chi connectivity index (χ4n) is 1.71. The van der Waals surface area contributed by atoms with E-state index in [4.69, 9.17) is 0 Å². The lowest BCUT2D eigenvalue weighted by Gasteiger charge is -2.01. The molecule has 1 fully saturated rings. The van der Waals surface area contributed by atoms with Crippen molar-refractivity contribution < 1.29 is 13.2 Å². The van der Waals surface area contributed by atoms with E-state index in [-0.39, 0.29) is 11.8 Å². The first-order chi connectivity index (χ1) is 7.47. The number of nitrogens with one attached hydrogen (secondary N) is 1. The molecule has 16 heavy (non-hydrogen) atoms. The van der Waals surface area contributed by atoms with Crippen LogP contribution in [-0.4, -0.2) is 25.6 Å². The van der Waals surface area contributed by atoms with E-state index in [0.29, 0.717) is 6.42 Å². The molecule has 6 heteroatoms. The summed E-state index contributed by atoms with van der Waals surface area (Å²) in [5.74, 6) is -0.550. The van der Waals surface area contributed by atoms with Gasteiger partial charge in [-0.05, 0) is 24.0 Å². The third-order valence-corrected chi connectivity index (χ3v) is 3.10. The molecular formula is C10H12N2O3S. The van der Waals surface area contributed by atoms with E-state index < -0.39 is 15.9 Å². The molecule has 1 heterocycles. The Hall–Kier alpha value is -1.43. The molecule has 0 bridgehead atoms. The highest BCUT2D eigenvalue weighted by atomic mass is 32.2. The van der Waals surface area contributed by atoms with Crippen LogP contribution >= 0.6 is 0 Å². The van der Waals surface area contributed by atoms with Crippen molar-refractivity contribution in [2.45, 2.75) is 12.3 Å². The van der Waals surface area contributed by atoms with Gasteiger partial charge in [-0.3, -0.25) is 14.5 Å². The Kier molecular flexibility index (Phi) is 2.67. The van der Waals surface area contributed by atoms with Gasteiger partial charge in [-0.1, -0.05) is 6.07 Å². The second-order valence-corrected chi connectivity index (χ2v) is 5.72. The molecular weight excluding hydrogens is 228 g/mol. The number of hydrogen-bond acceptors (Lipinski definition) is 4. The zero-order chi connectivity index (χ0) is 11.8. The fraction of sp³-hybridized carbons (Fsp3) is 0.400. The monoisotopic (exact) mass is 240 g/mol. The van der Waals surface area contributed by atoms with Gasteiger partial charge >= 0.3 is 0 Å². The number of carbonyl (C=O) groups is 1. The molecule has 0 radical (unpaired) electrons. The fourth-order valence-corrected chi connectivity index (χ4v) is 2.22. The second kappa shape index (κ2) is 3.86. The van der Waals surface area contributed by atoms with Crippen molar-refractivity contribution in [1.82, 2.24) is 9.71 Å². The first kappa shape index (κ1) is 11.1. The number of rotatable bonds is 3. The van der Waals surface area contributed by atoms with E-state index in [1.54, 1.807) is 18.5 Å². The van der Waals surface area contributed by atoms with Crippen LogP contribution in [0.5, 0.6) is 0 Å². The Balaban J connectivity index is 2.00. The Morgan fingerprint density at radius 2 is 2.31 bits per heavy atom. The van der Waals surface area contributed by atoms with Crippen molar-refractivity contribution in [3.05, 3.63) is 30.1 Å². The van der Waals surface area contributed by atoms with Crippen LogP contribution in [0.25, 0.3) is 0 Å². The molecule has 1 aliphatic rings. The second-order valence-electron chi connectivity index (χ2n) is 3.97. The quantitative estimate of drug-likeness (QED) is 0.822. The Bertz CT molecular complexity index is 498. The van der Waals surface area contributed by atoms with E-state index in [9.17, 15) is 13.2 Å². The van der Waals surface area contributed by atoms with Gasteiger partial charge in [0, 0.05) is 18.3 Å². The lowest BCUT2D eigenvalue weighted by molar-refractivity contribution is -0.120. The van der Waals surface area contributed by atoms with Gasteiger partial charge < -0.3 is 0 Å². The molecule has 5 nitrogen and oxygen atoms in total. The summed E-state index contributed by atoms with van der Waals surface area (Å²) >= 11 is 0. The molecule has 1 aromatic rings. The van der Waals surface area contributed by atoms with Gasteiger partial charge in [-0.2, -0.15) is 0 Å². The minimum atomic E-state index is -3.45. The molecule has 1 aliphatic carbocycles. The summed E-state index contributed by atoms with van der Waals surface area (Å²) in [4.78, 5) is 15.5. The highest BCUT2D eigenvalue weighted by molar-refractivity contribution is 7.89. The molecule has 1 N–H and O–H groups in total. The predicted molar refractivity (Wildman–Crippen MR) is 58.1 cm³/mol. The molecule has 86 valence electrons.